The van der Waals surface area contributed by atoms with E-state index in [1.165, 1.54) is 250 Å². The van der Waals surface area contributed by atoms with Crippen LogP contribution in [-0.2, 0) is 23.7 Å². The summed E-state index contributed by atoms with van der Waals surface area (Å²) in [5, 5.41) is 87.4. The molecule has 0 aromatic heterocycles. The normalized spacial score (nSPS) is 24.1. The third-order valence-corrected chi connectivity index (χ3v) is 17.2. The van der Waals surface area contributed by atoms with Gasteiger partial charge in [-0.3, -0.25) is 4.79 Å². The molecule has 0 aromatic rings. The number of aliphatic hydroxyl groups excluding tert-OH is 8. The summed E-state index contributed by atoms with van der Waals surface area (Å²) in [6, 6.07) is -0.911. The quantitative estimate of drug-likeness (QED) is 0.0204. The molecule has 12 atom stereocenters. The average Bonchev–Trinajstić information content (AvgIpc) is 3.48. The molecule has 81 heavy (non-hydrogen) atoms. The van der Waals surface area contributed by atoms with E-state index in [4.69, 9.17) is 18.9 Å². The number of carbonyl (C=O) groups excluding carboxylic acids is 1. The van der Waals surface area contributed by atoms with Crippen molar-refractivity contribution in [2.45, 2.75) is 389 Å². The van der Waals surface area contributed by atoms with Gasteiger partial charge in [0.05, 0.1) is 32.0 Å². The molecule has 2 fully saturated rings. The predicted molar refractivity (Wildman–Crippen MR) is 328 cm³/mol. The number of hydrogen-bond acceptors (Lipinski definition) is 13. The van der Waals surface area contributed by atoms with Gasteiger partial charge in [-0.1, -0.05) is 302 Å². The highest BCUT2D eigenvalue weighted by molar-refractivity contribution is 5.76. The van der Waals surface area contributed by atoms with Crippen molar-refractivity contribution in [2.75, 3.05) is 19.8 Å². The number of ether oxygens (including phenoxy) is 4. The van der Waals surface area contributed by atoms with Crippen molar-refractivity contribution in [3.8, 4) is 0 Å². The molecule has 0 saturated carbocycles. The van der Waals surface area contributed by atoms with Crippen LogP contribution in [0.1, 0.15) is 316 Å². The van der Waals surface area contributed by atoms with E-state index in [0.29, 0.717) is 6.42 Å². The molecule has 9 N–H and O–H groups in total. The summed E-state index contributed by atoms with van der Waals surface area (Å²) in [5.74, 6) is -0.231. The molecule has 0 spiro atoms. The molecule has 0 aliphatic carbocycles. The highest BCUT2D eigenvalue weighted by Gasteiger charge is 2.51. The molecule has 1 amide bonds. The average molecular weight is 1160 g/mol. The van der Waals surface area contributed by atoms with Crippen molar-refractivity contribution in [3.63, 3.8) is 0 Å². The molecule has 12 unspecified atom stereocenters. The lowest BCUT2D eigenvalue weighted by Crippen LogP contribution is -2.65. The monoisotopic (exact) mass is 1160 g/mol. The van der Waals surface area contributed by atoms with Crippen molar-refractivity contribution in [2.24, 2.45) is 0 Å². The SMILES string of the molecule is CCCCCCCCCCCCCCCCCCCCCCCCCC/C=C/C(O)C(COC1OC(CO)C(OC2OC(CO)C(O)C(O)C2O)C(O)C1O)NC(=O)CCCCCCCCCCCCCCCCCCCCCCC. The number of unbranched alkanes of at least 4 members (excludes halogenated alkanes) is 44. The highest BCUT2D eigenvalue weighted by Crippen LogP contribution is 2.30. The topological polar surface area (TPSA) is 228 Å². The Morgan fingerprint density at radius 2 is 0.765 bits per heavy atom. The van der Waals surface area contributed by atoms with Gasteiger partial charge >= 0.3 is 0 Å². The van der Waals surface area contributed by atoms with Crippen LogP contribution in [0.3, 0.4) is 0 Å². The minimum Gasteiger partial charge on any atom is -0.394 e. The second-order valence-corrected chi connectivity index (χ2v) is 24.7. The third kappa shape index (κ3) is 37.8. The molecule has 2 aliphatic heterocycles. The number of amides is 1. The zero-order valence-electron chi connectivity index (χ0n) is 52.1. The van der Waals surface area contributed by atoms with Gasteiger partial charge in [0.1, 0.15) is 48.8 Å². The molecule has 480 valence electrons. The minimum absolute atomic E-state index is 0.231. The zero-order chi connectivity index (χ0) is 58.8. The summed E-state index contributed by atoms with van der Waals surface area (Å²) in [5.41, 5.74) is 0. The first-order valence-corrected chi connectivity index (χ1v) is 34.4. The van der Waals surface area contributed by atoms with Crippen molar-refractivity contribution in [1.82, 2.24) is 5.32 Å². The molecule has 0 aromatic carbocycles. The Kier molecular flexibility index (Phi) is 49.6. The molecule has 2 aliphatic rings. The second kappa shape index (κ2) is 53.0. The van der Waals surface area contributed by atoms with Crippen LogP contribution >= 0.6 is 0 Å². The number of allylic oxidation sites excluding steroid dienone is 1. The Morgan fingerprint density at radius 1 is 0.432 bits per heavy atom. The minimum atomic E-state index is -1.79. The molecule has 2 heterocycles. The number of nitrogens with one attached hydrogen (secondary N) is 1. The van der Waals surface area contributed by atoms with Crippen molar-refractivity contribution in [3.05, 3.63) is 12.2 Å². The lowest BCUT2D eigenvalue weighted by Gasteiger charge is -2.46. The fraction of sp³-hybridized carbons (Fsp3) is 0.955. The van der Waals surface area contributed by atoms with Gasteiger partial charge < -0.3 is 65.1 Å². The van der Waals surface area contributed by atoms with Crippen molar-refractivity contribution < 1.29 is 64.6 Å². The van der Waals surface area contributed by atoms with Gasteiger partial charge in [0.25, 0.3) is 0 Å². The Hall–Kier alpha value is -1.27. The van der Waals surface area contributed by atoms with Gasteiger partial charge in [0.2, 0.25) is 5.91 Å². The van der Waals surface area contributed by atoms with Crippen LogP contribution in [0, 0.1) is 0 Å². The van der Waals surface area contributed by atoms with E-state index in [0.717, 1.165) is 38.5 Å². The summed E-state index contributed by atoms with van der Waals surface area (Å²) in [6.45, 7) is 2.86. The van der Waals surface area contributed by atoms with Gasteiger partial charge in [0, 0.05) is 6.42 Å². The number of hydrogen-bond donors (Lipinski definition) is 9. The Bertz CT molecular complexity index is 1410. The van der Waals surface area contributed by atoms with Crippen LogP contribution in [-0.4, -0.2) is 140 Å². The van der Waals surface area contributed by atoms with E-state index >= 15 is 0 Å². The molecule has 14 heteroatoms. The molecule has 0 radical (unpaired) electrons. The first kappa shape index (κ1) is 75.8. The maximum Gasteiger partial charge on any atom is 0.220 e. The van der Waals surface area contributed by atoms with E-state index in [9.17, 15) is 45.6 Å². The Morgan fingerprint density at radius 3 is 1.14 bits per heavy atom. The molecule has 2 saturated heterocycles. The summed E-state index contributed by atoms with van der Waals surface area (Å²) < 4.78 is 22.9. The molecular weight excluding hydrogens is 1030 g/mol. The fourth-order valence-corrected chi connectivity index (χ4v) is 11.7. The molecule has 14 nitrogen and oxygen atoms in total. The third-order valence-electron chi connectivity index (χ3n) is 17.2. The number of carbonyl (C=O) groups is 1. The highest BCUT2D eigenvalue weighted by atomic mass is 16.7. The molecule has 0 bridgehead atoms. The van der Waals surface area contributed by atoms with Crippen LogP contribution < -0.4 is 5.32 Å². The Balaban J connectivity index is 1.69. The number of aliphatic hydroxyl groups is 8. The summed E-state index contributed by atoms with van der Waals surface area (Å²) in [6.07, 6.45) is 46.9. The van der Waals surface area contributed by atoms with Crippen LogP contribution in [0.25, 0.3) is 0 Å². The summed E-state index contributed by atoms with van der Waals surface area (Å²) in [7, 11) is 0. The first-order chi connectivity index (χ1) is 39.6. The molecular formula is C67H129NO13. The Labute approximate surface area is 495 Å². The maximum atomic E-state index is 13.3. The van der Waals surface area contributed by atoms with E-state index in [-0.39, 0.29) is 18.9 Å². The van der Waals surface area contributed by atoms with Crippen LogP contribution in [0.2, 0.25) is 0 Å². The van der Waals surface area contributed by atoms with Gasteiger partial charge in [-0.2, -0.15) is 0 Å². The summed E-state index contributed by atoms with van der Waals surface area (Å²) in [4.78, 5) is 13.3. The van der Waals surface area contributed by atoms with E-state index in [1.54, 1.807) is 6.08 Å². The number of rotatable bonds is 57. The van der Waals surface area contributed by atoms with Crippen molar-refractivity contribution in [1.29, 1.82) is 0 Å². The largest absolute Gasteiger partial charge is 0.394 e. The van der Waals surface area contributed by atoms with Gasteiger partial charge in [-0.05, 0) is 19.3 Å². The standard InChI is InChI=1S/C67H129NO13/c1-3-5-7-9-11-13-15-17-19-21-23-25-26-27-28-29-31-32-34-36-38-40-42-44-46-48-50-56(71)55(54-78-66-64(77)62(75)65(58(53-70)80-66)81-67-63(76)61(74)60(73)57(52-69)79-67)68-59(72)51-49-47-45-43-41-39-37-35-33-30-24-22-20-18-16-14-12-10-8-6-4-2/h48,50,55-58,60-67,69-71,73-77H,3-47,49,51-54H2,1-2H3,(H,68,72)/b50-48+. The fourth-order valence-electron chi connectivity index (χ4n) is 11.7. The lowest BCUT2D eigenvalue weighted by atomic mass is 9.97. The predicted octanol–water partition coefficient (Wildman–Crippen LogP) is 13.4. The van der Waals surface area contributed by atoms with E-state index in [1.807, 2.05) is 6.08 Å². The van der Waals surface area contributed by atoms with Crippen LogP contribution in [0.5, 0.6) is 0 Å². The van der Waals surface area contributed by atoms with Gasteiger partial charge in [0.15, 0.2) is 12.6 Å². The zero-order valence-corrected chi connectivity index (χ0v) is 52.1. The van der Waals surface area contributed by atoms with Crippen LogP contribution in [0.4, 0.5) is 0 Å². The second-order valence-electron chi connectivity index (χ2n) is 24.7. The summed E-state index contributed by atoms with van der Waals surface area (Å²) >= 11 is 0. The first-order valence-electron chi connectivity index (χ1n) is 34.4. The smallest absolute Gasteiger partial charge is 0.220 e. The van der Waals surface area contributed by atoms with Crippen LogP contribution in [0.15, 0.2) is 12.2 Å². The maximum absolute atomic E-state index is 13.3. The van der Waals surface area contributed by atoms with Crippen molar-refractivity contribution >= 4 is 5.91 Å². The van der Waals surface area contributed by atoms with E-state index in [2.05, 4.69) is 19.2 Å². The lowest BCUT2D eigenvalue weighted by molar-refractivity contribution is -0.359. The van der Waals surface area contributed by atoms with E-state index < -0.39 is 86.8 Å². The molecule has 2 rings (SSSR count). The van der Waals surface area contributed by atoms with Gasteiger partial charge in [-0.15, -0.1) is 0 Å². The van der Waals surface area contributed by atoms with Gasteiger partial charge in [-0.25, -0.2) is 0 Å².